The predicted octanol–water partition coefficient (Wildman–Crippen LogP) is 5.59. The van der Waals surface area contributed by atoms with Crippen LogP contribution in [0.1, 0.15) is 36.2 Å². The highest BCUT2D eigenvalue weighted by atomic mass is 127. The van der Waals surface area contributed by atoms with Crippen molar-refractivity contribution in [3.8, 4) is 11.5 Å². The summed E-state index contributed by atoms with van der Waals surface area (Å²) in [5, 5.41) is 0. The maximum atomic E-state index is 12.1. The molecule has 30 heavy (non-hydrogen) atoms. The lowest BCUT2D eigenvalue weighted by Crippen LogP contribution is -2.25. The molecule has 0 N–H and O–H groups in total. The molecule has 0 heterocycles. The molecule has 7 nitrogen and oxygen atoms in total. The van der Waals surface area contributed by atoms with E-state index in [1.54, 1.807) is 45.5 Å². The van der Waals surface area contributed by atoms with E-state index in [0.717, 1.165) is 12.2 Å². The predicted molar refractivity (Wildman–Crippen MR) is 125 cm³/mol. The number of para-hydroxylation sites is 1. The van der Waals surface area contributed by atoms with Gasteiger partial charge in [-0.15, -0.1) is 0 Å². The summed E-state index contributed by atoms with van der Waals surface area (Å²) in [7, 11) is 2.62. The number of methoxy groups -OCH3 is 2. The van der Waals surface area contributed by atoms with E-state index in [-0.39, 0.29) is 13.1 Å². The molecule has 2 aromatic carbocycles. The van der Waals surface area contributed by atoms with E-state index in [1.807, 2.05) is 30.3 Å². The third-order valence-corrected chi connectivity index (χ3v) is 4.48. The molecule has 0 aromatic heterocycles. The molecular formula is C21H26INO6S. The number of esters is 2. The lowest BCUT2D eigenvalue weighted by molar-refractivity contribution is -0.140. The van der Waals surface area contributed by atoms with Crippen LogP contribution in [0, 0.1) is 0 Å². The van der Waals surface area contributed by atoms with Gasteiger partial charge in [0.1, 0.15) is 41.0 Å². The molecule has 0 radical (unpaired) electrons. The first-order chi connectivity index (χ1) is 14.5. The Labute approximate surface area is 196 Å². The number of rotatable bonds is 9. The summed E-state index contributed by atoms with van der Waals surface area (Å²) in [5.41, 5.74) is 1.00. The van der Waals surface area contributed by atoms with E-state index >= 15 is 0 Å². The van der Waals surface area contributed by atoms with Crippen LogP contribution in [0.5, 0.6) is 11.5 Å². The molecule has 9 heteroatoms. The van der Waals surface area contributed by atoms with Crippen LogP contribution in [0.3, 0.4) is 0 Å². The summed E-state index contributed by atoms with van der Waals surface area (Å²) in [5.74, 6) is 0.329. The third-order valence-electron chi connectivity index (χ3n) is 3.47. The highest BCUT2D eigenvalue weighted by Gasteiger charge is 2.19. The van der Waals surface area contributed by atoms with E-state index in [0.29, 0.717) is 22.6 Å². The number of nitrogens with zero attached hydrogens (tertiary/aromatic N) is 1. The fourth-order valence-electron chi connectivity index (χ4n) is 2.25. The largest absolute Gasteiger partial charge is 0.468 e. The second kappa shape index (κ2) is 15.1. The van der Waals surface area contributed by atoms with Crippen molar-refractivity contribution in [2.24, 2.45) is 0 Å². The fourth-order valence-corrected chi connectivity index (χ4v) is 3.36. The lowest BCUT2D eigenvalue weighted by atomic mass is 10.1. The number of halogens is 1. The van der Waals surface area contributed by atoms with Crippen LogP contribution in [-0.2, 0) is 23.3 Å². The molecule has 0 amide bonds. The molecule has 0 fully saturated rings. The van der Waals surface area contributed by atoms with Crippen LogP contribution >= 0.6 is 35.2 Å². The zero-order chi connectivity index (χ0) is 22.4. The van der Waals surface area contributed by atoms with Gasteiger partial charge in [0, 0.05) is 6.54 Å². The molecule has 0 spiro atoms. The van der Waals surface area contributed by atoms with Gasteiger partial charge < -0.3 is 14.2 Å². The summed E-state index contributed by atoms with van der Waals surface area (Å²) in [6.45, 7) is 4.47. The number of carbonyl (C=O) groups is 2. The minimum atomic E-state index is -0.477. The Balaban J connectivity index is 0.00000141. The van der Waals surface area contributed by atoms with Gasteiger partial charge in [-0.05, 0) is 35.9 Å². The van der Waals surface area contributed by atoms with Crippen molar-refractivity contribution < 1.29 is 26.3 Å². The number of ether oxygens (including phenoxy) is 3. The van der Waals surface area contributed by atoms with Crippen LogP contribution in [-0.4, -0.2) is 37.0 Å². The van der Waals surface area contributed by atoms with Gasteiger partial charge in [0.2, 0.25) is 0 Å². The second-order valence-corrected chi connectivity index (χ2v) is 7.81. The molecule has 0 saturated carbocycles. The van der Waals surface area contributed by atoms with Gasteiger partial charge in [0.15, 0.2) is 0 Å². The fraction of sp³-hybridized carbons (Fsp3) is 0.333. The highest BCUT2D eigenvalue weighted by molar-refractivity contribution is 14.1. The quantitative estimate of drug-likeness (QED) is 0.174. The third kappa shape index (κ3) is 9.33. The highest BCUT2D eigenvalue weighted by Crippen LogP contribution is 2.27. The molecule has 164 valence electrons. The first-order valence-corrected chi connectivity index (χ1v) is 10.8. The topological polar surface area (TPSA) is 74.3 Å². The summed E-state index contributed by atoms with van der Waals surface area (Å²) in [4.78, 5) is 23.7. The van der Waals surface area contributed by atoms with Gasteiger partial charge in [-0.1, -0.05) is 38.5 Å². The zero-order valence-corrected chi connectivity index (χ0v) is 20.4. The van der Waals surface area contributed by atoms with Crippen molar-refractivity contribution in [3.63, 3.8) is 0 Å². The van der Waals surface area contributed by atoms with Gasteiger partial charge in [0.25, 0.3) is 0 Å². The van der Waals surface area contributed by atoms with E-state index in [2.05, 4.69) is 13.8 Å². The van der Waals surface area contributed by atoms with Crippen LogP contribution < -0.4 is 4.74 Å². The average molecular weight is 547 g/mol. The van der Waals surface area contributed by atoms with E-state index in [4.69, 9.17) is 16.7 Å². The van der Waals surface area contributed by atoms with Crippen LogP contribution in [0.15, 0.2) is 48.5 Å². The first kappa shape index (κ1) is 26.2. The Bertz CT molecular complexity index is 790. The Morgan fingerprint density at radius 2 is 1.67 bits per heavy atom. The molecule has 0 saturated heterocycles. The molecule has 0 bridgehead atoms. The molecule has 0 aliphatic carbocycles. The Kier molecular flexibility index (Phi) is 13.2. The lowest BCUT2D eigenvalue weighted by Gasteiger charge is -2.19. The van der Waals surface area contributed by atoms with Crippen molar-refractivity contribution in [1.29, 1.82) is 0 Å². The van der Waals surface area contributed by atoms with E-state index < -0.39 is 11.9 Å². The van der Waals surface area contributed by atoms with Gasteiger partial charge in [-0.25, -0.2) is 11.6 Å². The molecular weight excluding hydrogens is 521 g/mol. The van der Waals surface area contributed by atoms with Crippen molar-refractivity contribution >= 4 is 47.2 Å². The molecule has 0 unspecified atom stereocenters. The van der Waals surface area contributed by atoms with E-state index in [1.165, 1.54) is 20.6 Å². The van der Waals surface area contributed by atoms with Gasteiger partial charge in [-0.2, -0.15) is 0 Å². The molecule has 2 aromatic rings. The Morgan fingerprint density at radius 3 is 2.23 bits per heavy atom. The van der Waals surface area contributed by atoms with Crippen LogP contribution in [0.25, 0.3) is 0 Å². The second-order valence-electron chi connectivity index (χ2n) is 5.94. The molecule has 2 rings (SSSR count). The summed E-state index contributed by atoms with van der Waals surface area (Å²) >= 11 is 2.69. The van der Waals surface area contributed by atoms with Crippen molar-refractivity contribution in [1.82, 2.24) is 4.31 Å². The Morgan fingerprint density at radius 1 is 1.00 bits per heavy atom. The van der Waals surface area contributed by atoms with Crippen molar-refractivity contribution in [2.45, 2.75) is 26.8 Å². The summed E-state index contributed by atoms with van der Waals surface area (Å²) < 4.78 is 22.0. The minimum Gasteiger partial charge on any atom is -0.468 e. The smallest absolute Gasteiger partial charge is 0.338 e. The Hall–Kier alpha value is -1.82. The molecule has 0 aliphatic heterocycles. The van der Waals surface area contributed by atoms with Gasteiger partial charge in [0.05, 0.1) is 32.0 Å². The monoisotopic (exact) mass is 547 g/mol. The number of benzene rings is 2. The molecule has 0 atom stereocenters. The van der Waals surface area contributed by atoms with Crippen molar-refractivity contribution in [3.05, 3.63) is 59.7 Å². The normalized spacial score (nSPS) is 10.1. The number of hydrogen-bond donors (Lipinski definition) is 0. The van der Waals surface area contributed by atoms with Crippen molar-refractivity contribution in [2.75, 3.05) is 20.8 Å². The maximum absolute atomic E-state index is 12.1. The zero-order valence-electron chi connectivity index (χ0n) is 17.4. The maximum Gasteiger partial charge on any atom is 0.338 e. The summed E-state index contributed by atoms with van der Waals surface area (Å²) in [6.07, 6.45) is 1.25. The SMILES string of the molecule is CCC.COC(=O)CN(Cc1cc(Oc2ccccc2)ccc1C(=O)OC)SOI. The standard InChI is InChI=1S/C18H18INO6S.C3H8/c1-23-17(21)12-20(27-26-19)11-13-10-15(8-9-16(13)18(22)24-2)25-14-6-4-3-5-7-14;1-3-2/h3-10H,11-12H2,1-2H3;3H2,1-2H3. The van der Waals surface area contributed by atoms with Crippen LogP contribution in [0.2, 0.25) is 0 Å². The number of hydrogen-bond acceptors (Lipinski definition) is 8. The van der Waals surface area contributed by atoms with Gasteiger partial charge >= 0.3 is 11.9 Å². The first-order valence-electron chi connectivity index (χ1n) is 9.20. The van der Waals surface area contributed by atoms with E-state index in [9.17, 15) is 9.59 Å². The minimum absolute atomic E-state index is 0.0193. The van der Waals surface area contributed by atoms with Crippen LogP contribution in [0.4, 0.5) is 0 Å². The molecule has 0 aliphatic rings. The average Bonchev–Trinajstić information content (AvgIpc) is 2.75. The van der Waals surface area contributed by atoms with Gasteiger partial charge in [-0.3, -0.25) is 4.79 Å². The number of carbonyl (C=O) groups excluding carboxylic acids is 2. The summed E-state index contributed by atoms with van der Waals surface area (Å²) in [6, 6.07) is 14.3.